The molecule has 2 aromatic rings. The Morgan fingerprint density at radius 3 is 2.83 bits per heavy atom. The average Bonchev–Trinajstić information content (AvgIpc) is 3.18. The summed E-state index contributed by atoms with van der Waals surface area (Å²) < 4.78 is 10.8. The Bertz CT molecular complexity index is 640. The fourth-order valence-corrected chi connectivity index (χ4v) is 3.02. The van der Waals surface area contributed by atoms with Gasteiger partial charge in [-0.3, -0.25) is 4.79 Å². The van der Waals surface area contributed by atoms with Gasteiger partial charge in [0.1, 0.15) is 5.76 Å². The quantitative estimate of drug-likeness (QED) is 0.884. The second-order valence-electron chi connectivity index (χ2n) is 6.14. The van der Waals surface area contributed by atoms with Crippen molar-refractivity contribution in [3.8, 4) is 11.7 Å². The van der Waals surface area contributed by atoms with E-state index in [0.717, 1.165) is 25.7 Å². The first-order valence-electron chi connectivity index (χ1n) is 8.06. The van der Waals surface area contributed by atoms with Crippen molar-refractivity contribution in [2.24, 2.45) is 5.92 Å². The van der Waals surface area contributed by atoms with Crippen LogP contribution in [0.5, 0.6) is 0 Å². The molecule has 1 aliphatic rings. The largest absolute Gasteiger partial charge is 0.459 e. The van der Waals surface area contributed by atoms with Crippen LogP contribution in [0.3, 0.4) is 0 Å². The normalized spacial score (nSPS) is 21.3. The van der Waals surface area contributed by atoms with Crippen molar-refractivity contribution in [1.82, 2.24) is 10.3 Å². The number of aliphatic hydroxyl groups is 1. The number of carbonyl (C=O) groups excluding carboxylic acids is 1. The maximum atomic E-state index is 12.2. The number of aliphatic hydroxyl groups excluding tert-OH is 1. The molecule has 0 aromatic carbocycles. The van der Waals surface area contributed by atoms with Crippen molar-refractivity contribution in [2.75, 3.05) is 6.61 Å². The SMILES string of the molecule is Cc1oc(-c2ccco2)nc1CC(=O)NC1CCC(CO)CC1. The highest BCUT2D eigenvalue weighted by Gasteiger charge is 2.23. The maximum absolute atomic E-state index is 12.2. The van der Waals surface area contributed by atoms with Gasteiger partial charge in [0.25, 0.3) is 5.89 Å². The molecular weight excluding hydrogens is 296 g/mol. The number of amides is 1. The van der Waals surface area contributed by atoms with Gasteiger partial charge in [-0.15, -0.1) is 0 Å². The molecule has 0 saturated heterocycles. The first kappa shape index (κ1) is 15.8. The Hall–Kier alpha value is -2.08. The second kappa shape index (κ2) is 7.00. The van der Waals surface area contributed by atoms with E-state index in [0.29, 0.717) is 29.0 Å². The highest BCUT2D eigenvalue weighted by atomic mass is 16.4. The van der Waals surface area contributed by atoms with Crippen LogP contribution in [0.2, 0.25) is 0 Å². The first-order valence-corrected chi connectivity index (χ1v) is 8.06. The van der Waals surface area contributed by atoms with Crippen LogP contribution >= 0.6 is 0 Å². The molecule has 6 heteroatoms. The lowest BCUT2D eigenvalue weighted by Gasteiger charge is -2.27. The summed E-state index contributed by atoms with van der Waals surface area (Å²) in [6.07, 6.45) is 5.54. The standard InChI is InChI=1S/C17H22N2O4/c1-11-14(19-17(23-11)15-3-2-8-22-15)9-16(21)18-13-6-4-12(10-20)5-7-13/h2-3,8,12-13,20H,4-7,9-10H2,1H3,(H,18,21). The molecule has 1 amide bonds. The minimum atomic E-state index is -0.0418. The molecule has 0 atom stereocenters. The molecule has 0 spiro atoms. The van der Waals surface area contributed by atoms with Gasteiger partial charge < -0.3 is 19.3 Å². The van der Waals surface area contributed by atoms with Gasteiger partial charge in [0, 0.05) is 12.6 Å². The number of nitrogens with zero attached hydrogens (tertiary/aromatic N) is 1. The van der Waals surface area contributed by atoms with Crippen molar-refractivity contribution < 1.29 is 18.7 Å². The van der Waals surface area contributed by atoms with Crippen LogP contribution in [0, 0.1) is 12.8 Å². The van der Waals surface area contributed by atoms with Crippen LogP contribution in [0.4, 0.5) is 0 Å². The number of aryl methyl sites for hydroxylation is 1. The fraction of sp³-hybridized carbons (Fsp3) is 0.529. The Morgan fingerprint density at radius 1 is 1.39 bits per heavy atom. The molecule has 2 aromatic heterocycles. The van der Waals surface area contributed by atoms with Crippen molar-refractivity contribution in [1.29, 1.82) is 0 Å². The number of oxazole rings is 1. The highest BCUT2D eigenvalue weighted by Crippen LogP contribution is 2.24. The first-order chi connectivity index (χ1) is 11.2. The number of rotatable bonds is 5. The monoisotopic (exact) mass is 318 g/mol. The topological polar surface area (TPSA) is 88.5 Å². The summed E-state index contributed by atoms with van der Waals surface area (Å²) in [7, 11) is 0. The third-order valence-electron chi connectivity index (χ3n) is 4.42. The lowest BCUT2D eigenvalue weighted by Crippen LogP contribution is -2.39. The van der Waals surface area contributed by atoms with E-state index in [1.165, 1.54) is 0 Å². The third kappa shape index (κ3) is 3.82. The molecule has 124 valence electrons. The van der Waals surface area contributed by atoms with Crippen LogP contribution in [0.1, 0.15) is 37.1 Å². The van der Waals surface area contributed by atoms with Gasteiger partial charge in [-0.05, 0) is 50.7 Å². The molecule has 0 radical (unpaired) electrons. The molecule has 2 N–H and O–H groups in total. The van der Waals surface area contributed by atoms with Gasteiger partial charge in [0.05, 0.1) is 18.4 Å². The predicted molar refractivity (Wildman–Crippen MR) is 83.6 cm³/mol. The molecule has 1 saturated carbocycles. The van der Waals surface area contributed by atoms with Crippen LogP contribution < -0.4 is 5.32 Å². The van der Waals surface area contributed by atoms with E-state index in [1.807, 2.05) is 0 Å². The van der Waals surface area contributed by atoms with Crippen molar-refractivity contribution in [2.45, 2.75) is 45.1 Å². The van der Waals surface area contributed by atoms with Crippen LogP contribution in [-0.2, 0) is 11.2 Å². The van der Waals surface area contributed by atoms with Crippen molar-refractivity contribution in [3.63, 3.8) is 0 Å². The summed E-state index contributed by atoms with van der Waals surface area (Å²) >= 11 is 0. The Labute approximate surface area is 134 Å². The Morgan fingerprint density at radius 2 is 2.17 bits per heavy atom. The summed E-state index contributed by atoms with van der Waals surface area (Å²) in [6, 6.07) is 3.74. The number of hydrogen-bond acceptors (Lipinski definition) is 5. The number of nitrogens with one attached hydrogen (secondary N) is 1. The molecule has 0 aliphatic heterocycles. The zero-order valence-corrected chi connectivity index (χ0v) is 13.2. The van der Waals surface area contributed by atoms with Gasteiger partial charge in [-0.2, -0.15) is 0 Å². The van der Waals surface area contributed by atoms with E-state index >= 15 is 0 Å². The van der Waals surface area contributed by atoms with E-state index in [-0.39, 0.29) is 25.0 Å². The van der Waals surface area contributed by atoms with Gasteiger partial charge >= 0.3 is 0 Å². The average molecular weight is 318 g/mol. The van der Waals surface area contributed by atoms with Crippen LogP contribution in [-0.4, -0.2) is 28.6 Å². The lowest BCUT2D eigenvalue weighted by atomic mass is 9.86. The molecular formula is C17H22N2O4. The zero-order valence-electron chi connectivity index (χ0n) is 13.2. The molecule has 2 heterocycles. The summed E-state index contributed by atoms with van der Waals surface area (Å²) in [5, 5.41) is 12.2. The smallest absolute Gasteiger partial charge is 0.263 e. The molecule has 0 bridgehead atoms. The van der Waals surface area contributed by atoms with Crippen LogP contribution in [0.15, 0.2) is 27.2 Å². The molecule has 3 rings (SSSR count). The second-order valence-corrected chi connectivity index (χ2v) is 6.14. The fourth-order valence-electron chi connectivity index (χ4n) is 3.02. The molecule has 1 fully saturated rings. The summed E-state index contributed by atoms with van der Waals surface area (Å²) in [6.45, 7) is 2.04. The zero-order chi connectivity index (χ0) is 16.2. The third-order valence-corrected chi connectivity index (χ3v) is 4.42. The van der Waals surface area contributed by atoms with Crippen molar-refractivity contribution in [3.05, 3.63) is 29.9 Å². The van der Waals surface area contributed by atoms with Crippen LogP contribution in [0.25, 0.3) is 11.7 Å². The molecule has 1 aliphatic carbocycles. The molecule has 6 nitrogen and oxygen atoms in total. The van der Waals surface area contributed by atoms with Gasteiger partial charge in [0.15, 0.2) is 5.76 Å². The number of carbonyl (C=O) groups is 1. The Balaban J connectivity index is 1.56. The summed E-state index contributed by atoms with van der Waals surface area (Å²) in [5.74, 6) is 1.94. The predicted octanol–water partition coefficient (Wildman–Crippen LogP) is 2.45. The number of aromatic nitrogens is 1. The van der Waals surface area contributed by atoms with E-state index in [1.54, 1.807) is 25.3 Å². The van der Waals surface area contributed by atoms with Crippen molar-refractivity contribution >= 4 is 5.91 Å². The summed E-state index contributed by atoms with van der Waals surface area (Å²) in [5.41, 5.74) is 0.637. The Kier molecular flexibility index (Phi) is 4.81. The number of furan rings is 1. The molecule has 23 heavy (non-hydrogen) atoms. The maximum Gasteiger partial charge on any atom is 0.263 e. The van der Waals surface area contributed by atoms with Gasteiger partial charge in [0.2, 0.25) is 5.91 Å². The minimum absolute atomic E-state index is 0.0418. The van der Waals surface area contributed by atoms with E-state index in [4.69, 9.17) is 13.9 Å². The minimum Gasteiger partial charge on any atom is -0.459 e. The van der Waals surface area contributed by atoms with E-state index < -0.39 is 0 Å². The van der Waals surface area contributed by atoms with E-state index in [2.05, 4.69) is 10.3 Å². The van der Waals surface area contributed by atoms with Gasteiger partial charge in [-0.1, -0.05) is 0 Å². The molecule has 0 unspecified atom stereocenters. The van der Waals surface area contributed by atoms with E-state index in [9.17, 15) is 4.79 Å². The highest BCUT2D eigenvalue weighted by molar-refractivity contribution is 5.78. The number of hydrogen-bond donors (Lipinski definition) is 2. The van der Waals surface area contributed by atoms with Gasteiger partial charge in [-0.25, -0.2) is 4.98 Å². The summed E-state index contributed by atoms with van der Waals surface area (Å²) in [4.78, 5) is 16.6. The lowest BCUT2D eigenvalue weighted by molar-refractivity contribution is -0.121.